The van der Waals surface area contributed by atoms with Gasteiger partial charge in [-0.1, -0.05) is 23.7 Å². The zero-order valence-electron chi connectivity index (χ0n) is 12.3. The molecule has 0 aromatic heterocycles. The van der Waals surface area contributed by atoms with Crippen LogP contribution in [0.15, 0.2) is 24.3 Å². The highest BCUT2D eigenvalue weighted by Gasteiger charge is 2.30. The van der Waals surface area contributed by atoms with Crippen molar-refractivity contribution in [2.24, 2.45) is 0 Å². The van der Waals surface area contributed by atoms with Gasteiger partial charge in [-0.3, -0.25) is 4.90 Å². The predicted octanol–water partition coefficient (Wildman–Crippen LogP) is 4.01. The van der Waals surface area contributed by atoms with E-state index in [-0.39, 0.29) is 0 Å². The lowest BCUT2D eigenvalue weighted by molar-refractivity contribution is 0.168. The molecule has 0 saturated carbocycles. The van der Waals surface area contributed by atoms with Crippen molar-refractivity contribution in [3.63, 3.8) is 0 Å². The first kappa shape index (κ1) is 14.4. The van der Waals surface area contributed by atoms with E-state index in [1.54, 1.807) is 0 Å². The summed E-state index contributed by atoms with van der Waals surface area (Å²) in [7, 11) is 0. The van der Waals surface area contributed by atoms with Crippen LogP contribution in [-0.2, 0) is 0 Å². The predicted molar refractivity (Wildman–Crippen MR) is 85.2 cm³/mol. The van der Waals surface area contributed by atoms with E-state index in [2.05, 4.69) is 35.3 Å². The lowest BCUT2D eigenvalue weighted by atomic mass is 9.90. The summed E-state index contributed by atoms with van der Waals surface area (Å²) < 4.78 is 0. The van der Waals surface area contributed by atoms with Crippen LogP contribution in [0.3, 0.4) is 0 Å². The Morgan fingerprint density at radius 2 is 2.00 bits per heavy atom. The van der Waals surface area contributed by atoms with Crippen molar-refractivity contribution in [3.8, 4) is 0 Å². The molecule has 2 aliphatic rings. The molecule has 1 aromatic rings. The van der Waals surface area contributed by atoms with E-state index in [1.165, 1.54) is 50.8 Å². The average Bonchev–Trinajstić information content (AvgIpc) is 3.01. The Morgan fingerprint density at radius 1 is 1.20 bits per heavy atom. The van der Waals surface area contributed by atoms with E-state index in [1.807, 2.05) is 6.07 Å². The molecule has 1 N–H and O–H groups in total. The van der Waals surface area contributed by atoms with Crippen molar-refractivity contribution < 1.29 is 0 Å². The number of halogens is 1. The van der Waals surface area contributed by atoms with E-state index in [9.17, 15) is 0 Å². The Balaban J connectivity index is 1.66. The lowest BCUT2D eigenvalue weighted by Crippen LogP contribution is -2.50. The standard InChI is InChI=1S/C17H25ClN2/c1-13(20-10-2-3-11-20)16-8-5-9-17(19-16)14-6-4-7-15(18)12-14/h4,6-7,12-13,16-17,19H,2-3,5,8-11H2,1H3/t13-,16?,17?/m0/s1. The molecule has 0 bridgehead atoms. The smallest absolute Gasteiger partial charge is 0.0409 e. The molecular weight excluding hydrogens is 268 g/mol. The van der Waals surface area contributed by atoms with E-state index in [0.717, 1.165) is 5.02 Å². The van der Waals surface area contributed by atoms with Crippen molar-refractivity contribution in [1.82, 2.24) is 10.2 Å². The largest absolute Gasteiger partial charge is 0.306 e. The molecular formula is C17H25ClN2. The van der Waals surface area contributed by atoms with Gasteiger partial charge in [-0.15, -0.1) is 0 Å². The van der Waals surface area contributed by atoms with Crippen LogP contribution in [0.2, 0.25) is 5.02 Å². The Bertz CT molecular complexity index is 442. The number of nitrogens with zero attached hydrogens (tertiary/aromatic N) is 1. The number of hydrogen-bond donors (Lipinski definition) is 1. The van der Waals surface area contributed by atoms with Crippen LogP contribution in [0.1, 0.15) is 50.6 Å². The van der Waals surface area contributed by atoms with Crippen molar-refractivity contribution in [2.45, 2.75) is 57.2 Å². The molecule has 0 amide bonds. The molecule has 0 spiro atoms. The molecule has 0 aliphatic carbocycles. The van der Waals surface area contributed by atoms with Crippen LogP contribution in [-0.4, -0.2) is 30.1 Å². The van der Waals surface area contributed by atoms with E-state index in [4.69, 9.17) is 11.6 Å². The van der Waals surface area contributed by atoms with Gasteiger partial charge < -0.3 is 5.32 Å². The molecule has 2 aliphatic heterocycles. The number of benzene rings is 1. The second kappa shape index (κ2) is 6.46. The van der Waals surface area contributed by atoms with Crippen molar-refractivity contribution in [2.75, 3.05) is 13.1 Å². The highest BCUT2D eigenvalue weighted by molar-refractivity contribution is 6.30. The van der Waals surface area contributed by atoms with Gasteiger partial charge in [0, 0.05) is 23.1 Å². The third-order valence-corrected chi connectivity index (χ3v) is 5.21. The van der Waals surface area contributed by atoms with Crippen molar-refractivity contribution in [3.05, 3.63) is 34.9 Å². The van der Waals surface area contributed by atoms with Gasteiger partial charge in [0.15, 0.2) is 0 Å². The summed E-state index contributed by atoms with van der Waals surface area (Å²) in [5.41, 5.74) is 1.34. The third kappa shape index (κ3) is 3.19. The van der Waals surface area contributed by atoms with Gasteiger partial charge in [-0.25, -0.2) is 0 Å². The summed E-state index contributed by atoms with van der Waals surface area (Å²) in [6.45, 7) is 4.95. The number of rotatable bonds is 3. The molecule has 110 valence electrons. The van der Waals surface area contributed by atoms with Crippen LogP contribution >= 0.6 is 11.6 Å². The third-order valence-electron chi connectivity index (χ3n) is 4.97. The molecule has 2 unspecified atom stereocenters. The molecule has 1 aromatic carbocycles. The zero-order chi connectivity index (χ0) is 13.9. The second-order valence-electron chi connectivity index (χ2n) is 6.30. The molecule has 3 rings (SSSR count). The van der Waals surface area contributed by atoms with Gasteiger partial charge in [-0.05, 0) is 69.8 Å². The summed E-state index contributed by atoms with van der Waals surface area (Å²) in [4.78, 5) is 2.65. The summed E-state index contributed by atoms with van der Waals surface area (Å²) in [5, 5.41) is 4.72. The van der Waals surface area contributed by atoms with Gasteiger partial charge in [-0.2, -0.15) is 0 Å². The minimum Gasteiger partial charge on any atom is -0.306 e. The SMILES string of the molecule is C[C@@H](C1CCCC(c2cccc(Cl)c2)N1)N1CCCC1. The Morgan fingerprint density at radius 3 is 2.75 bits per heavy atom. The minimum absolute atomic E-state index is 0.470. The number of piperidine rings is 1. The van der Waals surface area contributed by atoms with Gasteiger partial charge in [0.05, 0.1) is 0 Å². The Hall–Kier alpha value is -0.570. The maximum absolute atomic E-state index is 6.13. The first-order chi connectivity index (χ1) is 9.74. The minimum atomic E-state index is 0.470. The number of nitrogens with one attached hydrogen (secondary N) is 1. The first-order valence-electron chi connectivity index (χ1n) is 7.99. The van der Waals surface area contributed by atoms with Crippen molar-refractivity contribution in [1.29, 1.82) is 0 Å². The summed E-state index contributed by atoms with van der Waals surface area (Å²) in [6, 6.07) is 10.1. The maximum atomic E-state index is 6.13. The number of hydrogen-bond acceptors (Lipinski definition) is 2. The molecule has 2 saturated heterocycles. The maximum Gasteiger partial charge on any atom is 0.0409 e. The van der Waals surface area contributed by atoms with Crippen molar-refractivity contribution >= 4 is 11.6 Å². The molecule has 3 heteroatoms. The van der Waals surface area contributed by atoms with E-state index >= 15 is 0 Å². The summed E-state index contributed by atoms with van der Waals surface area (Å²) >= 11 is 6.13. The quantitative estimate of drug-likeness (QED) is 0.905. The van der Waals surface area contributed by atoms with Gasteiger partial charge in [0.25, 0.3) is 0 Å². The highest BCUT2D eigenvalue weighted by Crippen LogP contribution is 2.29. The van der Waals surface area contributed by atoms with Crippen LogP contribution in [0.25, 0.3) is 0 Å². The average molecular weight is 293 g/mol. The molecule has 2 fully saturated rings. The molecule has 3 atom stereocenters. The second-order valence-corrected chi connectivity index (χ2v) is 6.73. The lowest BCUT2D eigenvalue weighted by Gasteiger charge is -2.38. The summed E-state index contributed by atoms with van der Waals surface area (Å²) in [6.07, 6.45) is 6.58. The first-order valence-corrected chi connectivity index (χ1v) is 8.37. The molecule has 20 heavy (non-hydrogen) atoms. The van der Waals surface area contributed by atoms with Crippen LogP contribution in [0.4, 0.5) is 0 Å². The summed E-state index contributed by atoms with van der Waals surface area (Å²) in [5.74, 6) is 0. The van der Waals surface area contributed by atoms with Gasteiger partial charge in [0.1, 0.15) is 0 Å². The van der Waals surface area contributed by atoms with E-state index in [0.29, 0.717) is 18.1 Å². The molecule has 2 nitrogen and oxygen atoms in total. The Kier molecular flexibility index (Phi) is 4.65. The fourth-order valence-electron chi connectivity index (χ4n) is 3.74. The normalized spacial score (nSPS) is 29.5. The van der Waals surface area contributed by atoms with Gasteiger partial charge >= 0.3 is 0 Å². The van der Waals surface area contributed by atoms with Gasteiger partial charge in [0.2, 0.25) is 0 Å². The topological polar surface area (TPSA) is 15.3 Å². The van der Waals surface area contributed by atoms with Crippen LogP contribution in [0.5, 0.6) is 0 Å². The van der Waals surface area contributed by atoms with Crippen LogP contribution < -0.4 is 5.32 Å². The fraction of sp³-hybridized carbons (Fsp3) is 0.647. The molecule has 0 radical (unpaired) electrons. The van der Waals surface area contributed by atoms with E-state index < -0.39 is 0 Å². The number of likely N-dealkylation sites (tertiary alicyclic amines) is 1. The highest BCUT2D eigenvalue weighted by atomic mass is 35.5. The zero-order valence-corrected chi connectivity index (χ0v) is 13.1. The monoisotopic (exact) mass is 292 g/mol. The molecule has 2 heterocycles. The van der Waals surface area contributed by atoms with Crippen LogP contribution in [0, 0.1) is 0 Å². The fourth-order valence-corrected chi connectivity index (χ4v) is 3.94. The Labute approximate surface area is 127 Å².